The van der Waals surface area contributed by atoms with Crippen molar-refractivity contribution < 1.29 is 14.3 Å². The van der Waals surface area contributed by atoms with Gasteiger partial charge in [-0.15, -0.1) is 0 Å². The zero-order valence-electron chi connectivity index (χ0n) is 17.6. The van der Waals surface area contributed by atoms with Crippen molar-refractivity contribution in [2.45, 2.75) is 44.1 Å². The number of amides is 1. The summed E-state index contributed by atoms with van der Waals surface area (Å²) in [6.45, 7) is 5.18. The molecule has 1 aliphatic heterocycles. The molecule has 0 radical (unpaired) electrons. The first-order valence-electron chi connectivity index (χ1n) is 10.8. The van der Waals surface area contributed by atoms with E-state index in [9.17, 15) is 9.59 Å². The van der Waals surface area contributed by atoms with Crippen molar-refractivity contribution in [3.63, 3.8) is 0 Å². The maximum atomic E-state index is 13.5. The largest absolute Gasteiger partial charge is 0.381 e. The summed E-state index contributed by atoms with van der Waals surface area (Å²) >= 11 is 0. The third-order valence-electron chi connectivity index (χ3n) is 5.98. The molecule has 2 aromatic rings. The number of hydrogen-bond acceptors (Lipinski definition) is 3. The third-order valence-corrected chi connectivity index (χ3v) is 5.98. The molecule has 0 aliphatic carbocycles. The Labute approximate surface area is 179 Å². The fraction of sp³-hybridized carbons (Fsp3) is 0.385. The highest BCUT2D eigenvalue weighted by Gasteiger charge is 2.45. The van der Waals surface area contributed by atoms with Gasteiger partial charge in [-0.25, -0.2) is 0 Å². The number of Topliss-reactive ketones (excluding diaryl/α,β-unsaturated/α-hetero) is 1. The van der Waals surface area contributed by atoms with Crippen molar-refractivity contribution in [1.29, 1.82) is 0 Å². The number of ether oxygens (including phenoxy) is 1. The van der Waals surface area contributed by atoms with Crippen molar-refractivity contribution >= 4 is 11.7 Å². The number of hydrogen-bond donors (Lipinski definition) is 0. The Kier molecular flexibility index (Phi) is 7.97. The van der Waals surface area contributed by atoms with Gasteiger partial charge in [-0.3, -0.25) is 9.59 Å². The second-order valence-corrected chi connectivity index (χ2v) is 7.84. The Morgan fingerprint density at radius 1 is 0.933 bits per heavy atom. The van der Waals surface area contributed by atoms with E-state index in [1.165, 1.54) is 11.6 Å². The van der Waals surface area contributed by atoms with Gasteiger partial charge in [-0.05, 0) is 36.5 Å². The number of nitrogens with zero attached hydrogens (tertiary/aromatic N) is 1. The van der Waals surface area contributed by atoms with E-state index >= 15 is 0 Å². The molecule has 3 rings (SSSR count). The van der Waals surface area contributed by atoms with E-state index in [2.05, 4.69) is 30.8 Å². The zero-order chi connectivity index (χ0) is 21.2. The van der Waals surface area contributed by atoms with Crippen LogP contribution in [0, 0.1) is 0 Å². The summed E-state index contributed by atoms with van der Waals surface area (Å²) in [6, 6.07) is 20.3. The molecule has 0 unspecified atom stereocenters. The van der Waals surface area contributed by atoms with Crippen LogP contribution in [0.25, 0.3) is 0 Å². The van der Waals surface area contributed by atoms with Crippen molar-refractivity contribution in [2.24, 2.45) is 0 Å². The standard InChI is InChI=1S/C26H31NO3/c1-2-25(29)27(19-16-23-12-7-4-8-13-23)26(17-20-30-21-18-26)24(28)15-9-14-22-10-5-3-6-11-22/h2-8,10-13H,1,9,14-21H2. The van der Waals surface area contributed by atoms with Crippen LogP contribution in [0.15, 0.2) is 73.3 Å². The van der Waals surface area contributed by atoms with Crippen LogP contribution in [0.5, 0.6) is 0 Å². The van der Waals surface area contributed by atoms with Gasteiger partial charge < -0.3 is 9.64 Å². The van der Waals surface area contributed by atoms with E-state index in [-0.39, 0.29) is 11.7 Å². The summed E-state index contributed by atoms with van der Waals surface area (Å²) in [5, 5.41) is 0. The van der Waals surface area contributed by atoms with Gasteiger partial charge in [0.25, 0.3) is 0 Å². The van der Waals surface area contributed by atoms with Crippen molar-refractivity contribution in [3.05, 3.63) is 84.4 Å². The molecular weight excluding hydrogens is 374 g/mol. The lowest BCUT2D eigenvalue weighted by Crippen LogP contribution is -2.60. The van der Waals surface area contributed by atoms with Crippen LogP contribution in [-0.4, -0.2) is 41.9 Å². The first-order valence-corrected chi connectivity index (χ1v) is 10.8. The molecule has 1 aliphatic rings. The topological polar surface area (TPSA) is 46.6 Å². The number of benzene rings is 2. The number of carbonyl (C=O) groups is 2. The first-order chi connectivity index (χ1) is 14.7. The molecule has 158 valence electrons. The Hall–Kier alpha value is -2.72. The van der Waals surface area contributed by atoms with Gasteiger partial charge in [0.05, 0.1) is 0 Å². The highest BCUT2D eigenvalue weighted by Crippen LogP contribution is 2.32. The van der Waals surface area contributed by atoms with E-state index in [0.29, 0.717) is 45.4 Å². The summed E-state index contributed by atoms with van der Waals surface area (Å²) in [7, 11) is 0. The smallest absolute Gasteiger partial charge is 0.246 e. The molecule has 0 spiro atoms. The van der Waals surface area contributed by atoms with Crippen molar-refractivity contribution in [3.8, 4) is 0 Å². The first kappa shape index (κ1) is 22.0. The molecule has 0 aromatic heterocycles. The summed E-state index contributed by atoms with van der Waals surface area (Å²) < 4.78 is 5.56. The highest BCUT2D eigenvalue weighted by molar-refractivity contribution is 5.96. The minimum atomic E-state index is -0.797. The van der Waals surface area contributed by atoms with Gasteiger partial charge in [0, 0.05) is 39.0 Å². The number of ketones is 1. The molecule has 1 heterocycles. The monoisotopic (exact) mass is 405 g/mol. The predicted octanol–water partition coefficient (Wildman–Crippen LogP) is 4.38. The Balaban J connectivity index is 1.74. The highest BCUT2D eigenvalue weighted by atomic mass is 16.5. The average molecular weight is 406 g/mol. The maximum Gasteiger partial charge on any atom is 0.246 e. The summed E-state index contributed by atoms with van der Waals surface area (Å²) in [4.78, 5) is 28.1. The second kappa shape index (κ2) is 10.9. The van der Waals surface area contributed by atoms with E-state index in [0.717, 1.165) is 18.4 Å². The van der Waals surface area contributed by atoms with Crippen LogP contribution in [0.2, 0.25) is 0 Å². The van der Waals surface area contributed by atoms with Gasteiger partial charge >= 0.3 is 0 Å². The minimum absolute atomic E-state index is 0.144. The molecule has 1 saturated heterocycles. The average Bonchev–Trinajstić information content (AvgIpc) is 2.81. The SMILES string of the molecule is C=CC(=O)N(CCc1ccccc1)C1(C(=O)CCCc2ccccc2)CCOCC1. The van der Waals surface area contributed by atoms with Crippen LogP contribution in [0.4, 0.5) is 0 Å². The zero-order valence-corrected chi connectivity index (χ0v) is 17.6. The lowest BCUT2D eigenvalue weighted by molar-refractivity contribution is -0.150. The van der Waals surface area contributed by atoms with Crippen LogP contribution < -0.4 is 0 Å². The third kappa shape index (κ3) is 5.45. The fourth-order valence-electron chi connectivity index (χ4n) is 4.27. The predicted molar refractivity (Wildman–Crippen MR) is 119 cm³/mol. The Bertz CT molecular complexity index is 826. The second-order valence-electron chi connectivity index (χ2n) is 7.84. The molecule has 0 bridgehead atoms. The van der Waals surface area contributed by atoms with Gasteiger partial charge in [-0.2, -0.15) is 0 Å². The quantitative estimate of drug-likeness (QED) is 0.551. The molecule has 0 atom stereocenters. The Morgan fingerprint density at radius 2 is 1.50 bits per heavy atom. The molecule has 1 amide bonds. The van der Waals surface area contributed by atoms with Crippen LogP contribution in [0.1, 0.15) is 36.8 Å². The van der Waals surface area contributed by atoms with Gasteiger partial charge in [0.15, 0.2) is 5.78 Å². The number of rotatable bonds is 10. The van der Waals surface area contributed by atoms with Crippen molar-refractivity contribution in [1.82, 2.24) is 4.90 Å². The molecule has 0 saturated carbocycles. The van der Waals surface area contributed by atoms with Gasteiger partial charge in [0.2, 0.25) is 5.91 Å². The van der Waals surface area contributed by atoms with Crippen molar-refractivity contribution in [2.75, 3.05) is 19.8 Å². The van der Waals surface area contributed by atoms with E-state index in [1.807, 2.05) is 36.4 Å². The summed E-state index contributed by atoms with van der Waals surface area (Å²) in [5.74, 6) is -0.0331. The minimum Gasteiger partial charge on any atom is -0.381 e. The molecule has 4 heteroatoms. The summed E-state index contributed by atoms with van der Waals surface area (Å²) in [6.07, 6.45) is 5.23. The maximum absolute atomic E-state index is 13.5. The normalized spacial score (nSPS) is 15.3. The Morgan fingerprint density at radius 3 is 2.07 bits per heavy atom. The lowest BCUT2D eigenvalue weighted by atomic mass is 9.81. The number of aryl methyl sites for hydroxylation is 1. The molecule has 4 nitrogen and oxygen atoms in total. The summed E-state index contributed by atoms with van der Waals surface area (Å²) in [5.41, 5.74) is 1.59. The molecule has 0 N–H and O–H groups in total. The lowest BCUT2D eigenvalue weighted by Gasteiger charge is -2.45. The van der Waals surface area contributed by atoms with E-state index in [1.54, 1.807) is 4.90 Å². The molecule has 2 aromatic carbocycles. The molecule has 1 fully saturated rings. The van der Waals surface area contributed by atoms with E-state index < -0.39 is 5.54 Å². The van der Waals surface area contributed by atoms with E-state index in [4.69, 9.17) is 4.74 Å². The van der Waals surface area contributed by atoms with Crippen LogP contribution in [0.3, 0.4) is 0 Å². The molecule has 30 heavy (non-hydrogen) atoms. The fourth-order valence-corrected chi connectivity index (χ4v) is 4.27. The number of carbonyl (C=O) groups excluding carboxylic acids is 2. The molecular formula is C26H31NO3. The van der Waals surface area contributed by atoms with Crippen LogP contribution >= 0.6 is 0 Å². The van der Waals surface area contributed by atoms with Gasteiger partial charge in [-0.1, -0.05) is 67.2 Å². The van der Waals surface area contributed by atoms with Crippen LogP contribution in [-0.2, 0) is 27.2 Å². The van der Waals surface area contributed by atoms with Gasteiger partial charge in [0.1, 0.15) is 5.54 Å².